The molecule has 0 atom stereocenters. The Morgan fingerprint density at radius 2 is 2.05 bits per heavy atom. The standard InChI is InChI=1S/C13H12F2N4/c1-19(13-11(15)6-9(14)7-18-13)10-4-2-3-8(5-10)12(16)17/h2-7H,1H3,(H3,16,17). The third-order valence-electron chi connectivity index (χ3n) is 2.65. The van der Waals surface area contributed by atoms with Crippen LogP contribution in [-0.4, -0.2) is 17.9 Å². The van der Waals surface area contributed by atoms with E-state index in [9.17, 15) is 8.78 Å². The van der Waals surface area contributed by atoms with Crippen molar-refractivity contribution in [2.75, 3.05) is 11.9 Å². The molecule has 1 aromatic carbocycles. The van der Waals surface area contributed by atoms with Crippen LogP contribution in [-0.2, 0) is 0 Å². The van der Waals surface area contributed by atoms with E-state index in [-0.39, 0.29) is 11.7 Å². The highest BCUT2D eigenvalue weighted by Crippen LogP contribution is 2.24. The molecule has 0 fully saturated rings. The molecule has 98 valence electrons. The van der Waals surface area contributed by atoms with E-state index < -0.39 is 11.6 Å². The first-order chi connectivity index (χ1) is 8.99. The van der Waals surface area contributed by atoms with Gasteiger partial charge in [0.25, 0.3) is 0 Å². The van der Waals surface area contributed by atoms with Crippen LogP contribution < -0.4 is 10.6 Å². The molecule has 2 rings (SSSR count). The van der Waals surface area contributed by atoms with Crippen molar-refractivity contribution < 1.29 is 8.78 Å². The molecule has 19 heavy (non-hydrogen) atoms. The zero-order valence-electron chi connectivity index (χ0n) is 10.2. The van der Waals surface area contributed by atoms with Gasteiger partial charge in [-0.25, -0.2) is 13.8 Å². The summed E-state index contributed by atoms with van der Waals surface area (Å²) in [7, 11) is 1.60. The van der Waals surface area contributed by atoms with E-state index in [0.717, 1.165) is 12.3 Å². The maximum Gasteiger partial charge on any atom is 0.169 e. The highest BCUT2D eigenvalue weighted by molar-refractivity contribution is 5.96. The molecule has 0 saturated carbocycles. The Balaban J connectivity index is 2.41. The number of anilines is 2. The van der Waals surface area contributed by atoms with Gasteiger partial charge in [-0.1, -0.05) is 12.1 Å². The van der Waals surface area contributed by atoms with E-state index in [1.54, 1.807) is 31.3 Å². The molecule has 6 heteroatoms. The quantitative estimate of drug-likeness (QED) is 0.659. The van der Waals surface area contributed by atoms with Crippen LogP contribution in [0.2, 0.25) is 0 Å². The number of hydrogen-bond donors (Lipinski definition) is 2. The molecule has 2 aromatic rings. The highest BCUT2D eigenvalue weighted by Gasteiger charge is 2.12. The molecule has 0 unspecified atom stereocenters. The normalized spacial score (nSPS) is 10.3. The number of benzene rings is 1. The number of nitrogens with one attached hydrogen (secondary N) is 1. The first kappa shape index (κ1) is 12.9. The second kappa shape index (κ2) is 5.01. The van der Waals surface area contributed by atoms with E-state index in [2.05, 4.69) is 4.98 Å². The van der Waals surface area contributed by atoms with Crippen molar-refractivity contribution in [1.29, 1.82) is 5.41 Å². The van der Waals surface area contributed by atoms with Gasteiger partial charge in [0, 0.05) is 24.4 Å². The van der Waals surface area contributed by atoms with Crippen molar-refractivity contribution >= 4 is 17.3 Å². The van der Waals surface area contributed by atoms with Crippen LogP contribution in [0.3, 0.4) is 0 Å². The lowest BCUT2D eigenvalue weighted by Gasteiger charge is -2.19. The van der Waals surface area contributed by atoms with E-state index >= 15 is 0 Å². The smallest absolute Gasteiger partial charge is 0.169 e. The molecule has 1 aromatic heterocycles. The van der Waals surface area contributed by atoms with Crippen molar-refractivity contribution in [3.05, 3.63) is 53.7 Å². The van der Waals surface area contributed by atoms with Gasteiger partial charge in [0.2, 0.25) is 0 Å². The van der Waals surface area contributed by atoms with Crippen LogP contribution in [0.25, 0.3) is 0 Å². The van der Waals surface area contributed by atoms with Crippen molar-refractivity contribution in [2.45, 2.75) is 0 Å². The van der Waals surface area contributed by atoms with Gasteiger partial charge in [-0.2, -0.15) is 0 Å². The van der Waals surface area contributed by atoms with E-state index in [1.807, 2.05) is 0 Å². The summed E-state index contributed by atoms with van der Waals surface area (Å²) in [5.41, 5.74) is 6.52. The predicted octanol–water partition coefficient (Wildman–Crippen LogP) is 2.41. The van der Waals surface area contributed by atoms with Crippen molar-refractivity contribution in [3.8, 4) is 0 Å². The van der Waals surface area contributed by atoms with Gasteiger partial charge in [-0.05, 0) is 12.1 Å². The third-order valence-corrected chi connectivity index (χ3v) is 2.65. The monoisotopic (exact) mass is 262 g/mol. The van der Waals surface area contributed by atoms with Crippen molar-refractivity contribution in [1.82, 2.24) is 4.98 Å². The second-order valence-electron chi connectivity index (χ2n) is 3.98. The number of aromatic nitrogens is 1. The number of halogens is 2. The Kier molecular flexibility index (Phi) is 3.41. The summed E-state index contributed by atoms with van der Waals surface area (Å²) in [4.78, 5) is 5.18. The lowest BCUT2D eigenvalue weighted by atomic mass is 10.1. The fourth-order valence-electron chi connectivity index (χ4n) is 1.66. The minimum atomic E-state index is -0.754. The van der Waals surface area contributed by atoms with E-state index in [0.29, 0.717) is 11.3 Å². The summed E-state index contributed by atoms with van der Waals surface area (Å²) in [6.07, 6.45) is 0.948. The largest absolute Gasteiger partial charge is 0.384 e. The van der Waals surface area contributed by atoms with Gasteiger partial charge in [0.15, 0.2) is 11.6 Å². The molecule has 0 bridgehead atoms. The fourth-order valence-corrected chi connectivity index (χ4v) is 1.66. The van der Waals surface area contributed by atoms with Crippen molar-refractivity contribution in [2.24, 2.45) is 5.73 Å². The van der Waals surface area contributed by atoms with Gasteiger partial charge in [-0.3, -0.25) is 5.41 Å². The van der Waals surface area contributed by atoms with E-state index in [1.165, 1.54) is 4.90 Å². The number of nitrogen functional groups attached to an aromatic ring is 1. The van der Waals surface area contributed by atoms with Crippen LogP contribution in [0.15, 0.2) is 36.5 Å². The topological polar surface area (TPSA) is 66.0 Å². The lowest BCUT2D eigenvalue weighted by Crippen LogP contribution is -2.15. The lowest BCUT2D eigenvalue weighted by molar-refractivity contribution is 0.573. The molecular formula is C13H12F2N4. The maximum absolute atomic E-state index is 13.6. The van der Waals surface area contributed by atoms with Crippen LogP contribution >= 0.6 is 0 Å². The Morgan fingerprint density at radius 3 is 2.68 bits per heavy atom. The summed E-state index contributed by atoms with van der Waals surface area (Å²) in [6, 6.07) is 7.50. The van der Waals surface area contributed by atoms with Crippen LogP contribution in [0.5, 0.6) is 0 Å². The predicted molar refractivity (Wildman–Crippen MR) is 69.7 cm³/mol. The summed E-state index contributed by atoms with van der Waals surface area (Å²) in [5.74, 6) is -1.56. The van der Waals surface area contributed by atoms with Crippen LogP contribution in [0.1, 0.15) is 5.56 Å². The van der Waals surface area contributed by atoms with Gasteiger partial charge in [-0.15, -0.1) is 0 Å². The Bertz CT molecular complexity index is 628. The first-order valence-corrected chi connectivity index (χ1v) is 5.48. The number of rotatable bonds is 3. The average Bonchev–Trinajstić information content (AvgIpc) is 2.38. The number of nitrogens with zero attached hydrogens (tertiary/aromatic N) is 2. The van der Waals surface area contributed by atoms with Crippen LogP contribution in [0.4, 0.5) is 20.3 Å². The zero-order valence-corrected chi connectivity index (χ0v) is 10.2. The number of hydrogen-bond acceptors (Lipinski definition) is 3. The van der Waals surface area contributed by atoms with E-state index in [4.69, 9.17) is 11.1 Å². The Morgan fingerprint density at radius 1 is 1.32 bits per heavy atom. The molecule has 1 heterocycles. The Hall–Kier alpha value is -2.50. The van der Waals surface area contributed by atoms with Gasteiger partial charge >= 0.3 is 0 Å². The molecule has 0 aliphatic carbocycles. The minimum absolute atomic E-state index is 0.00195. The van der Waals surface area contributed by atoms with Crippen LogP contribution in [0, 0.1) is 17.0 Å². The molecular weight excluding hydrogens is 250 g/mol. The molecule has 0 saturated heterocycles. The third kappa shape index (κ3) is 2.67. The Labute approximate surface area is 109 Å². The SMILES string of the molecule is CN(c1cccc(C(=N)N)c1)c1ncc(F)cc1F. The maximum atomic E-state index is 13.6. The molecule has 0 spiro atoms. The zero-order chi connectivity index (χ0) is 14.0. The van der Waals surface area contributed by atoms with Crippen molar-refractivity contribution in [3.63, 3.8) is 0 Å². The highest BCUT2D eigenvalue weighted by atomic mass is 19.1. The molecule has 0 amide bonds. The minimum Gasteiger partial charge on any atom is -0.384 e. The number of nitrogens with two attached hydrogens (primary N) is 1. The fraction of sp³-hybridized carbons (Fsp3) is 0.0769. The van der Waals surface area contributed by atoms with Gasteiger partial charge < -0.3 is 10.6 Å². The van der Waals surface area contributed by atoms with Gasteiger partial charge in [0.05, 0.1) is 6.20 Å². The summed E-state index contributed by atoms with van der Waals surface area (Å²) < 4.78 is 26.5. The van der Waals surface area contributed by atoms with Gasteiger partial charge in [0.1, 0.15) is 11.7 Å². The summed E-state index contributed by atoms with van der Waals surface area (Å²) in [6.45, 7) is 0. The molecule has 3 N–H and O–H groups in total. The molecule has 0 aliphatic heterocycles. The molecule has 0 aliphatic rings. The second-order valence-corrected chi connectivity index (χ2v) is 3.98. The number of amidine groups is 1. The summed E-state index contributed by atoms with van der Waals surface area (Å²) in [5, 5.41) is 7.37. The molecule has 0 radical (unpaired) electrons. The first-order valence-electron chi connectivity index (χ1n) is 5.48. The average molecular weight is 262 g/mol. The molecule has 4 nitrogen and oxygen atoms in total. The summed E-state index contributed by atoms with van der Waals surface area (Å²) >= 11 is 0. The number of pyridine rings is 1.